The molecule has 2 nitrogen and oxygen atoms in total. The first-order valence-corrected chi connectivity index (χ1v) is 7.49. The Hall–Kier alpha value is -2.94. The fourth-order valence-corrected chi connectivity index (χ4v) is 3.29. The van der Waals surface area contributed by atoms with E-state index in [9.17, 15) is 4.39 Å². The van der Waals surface area contributed by atoms with Crippen LogP contribution in [0.25, 0.3) is 5.57 Å². The molecule has 2 aliphatic carbocycles. The Balaban J connectivity index is 2.06. The van der Waals surface area contributed by atoms with Crippen molar-refractivity contribution < 1.29 is 4.39 Å². The van der Waals surface area contributed by atoms with Gasteiger partial charge in [-0.2, -0.15) is 0 Å². The van der Waals surface area contributed by atoms with E-state index in [0.29, 0.717) is 23.4 Å². The van der Waals surface area contributed by atoms with Crippen LogP contribution in [0.3, 0.4) is 0 Å². The number of halogens is 1. The van der Waals surface area contributed by atoms with Crippen molar-refractivity contribution in [2.45, 2.75) is 6.42 Å². The molecule has 0 atom stereocenters. The summed E-state index contributed by atoms with van der Waals surface area (Å²) >= 11 is 0. The molecule has 0 amide bonds. The summed E-state index contributed by atoms with van der Waals surface area (Å²) in [4.78, 5) is 0. The lowest BCUT2D eigenvalue weighted by Gasteiger charge is -2.27. The normalized spacial score (nSPS) is 16.0. The van der Waals surface area contributed by atoms with Crippen LogP contribution in [0.1, 0.15) is 16.7 Å². The minimum Gasteiger partial charge on any atom is -0.399 e. The van der Waals surface area contributed by atoms with Crippen molar-refractivity contribution in [2.75, 3.05) is 5.73 Å². The fourth-order valence-electron chi connectivity index (χ4n) is 3.29. The quantitative estimate of drug-likeness (QED) is 0.759. The highest BCUT2D eigenvalue weighted by Gasteiger charge is 2.25. The van der Waals surface area contributed by atoms with Gasteiger partial charge in [0.15, 0.2) is 0 Å². The Kier molecular flexibility index (Phi) is 3.01. The smallest absolute Gasteiger partial charge is 0.131 e. The molecule has 23 heavy (non-hydrogen) atoms. The summed E-state index contributed by atoms with van der Waals surface area (Å²) in [5.41, 5.74) is 12.6. The summed E-state index contributed by atoms with van der Waals surface area (Å²) in [6, 6.07) is 12.6. The van der Waals surface area contributed by atoms with Gasteiger partial charge in [-0.25, -0.2) is 4.39 Å². The zero-order chi connectivity index (χ0) is 16.0. The first-order valence-electron chi connectivity index (χ1n) is 7.49. The van der Waals surface area contributed by atoms with E-state index in [2.05, 4.69) is 0 Å². The van der Waals surface area contributed by atoms with E-state index in [1.54, 1.807) is 18.2 Å². The van der Waals surface area contributed by atoms with Gasteiger partial charge in [0.05, 0.1) is 5.71 Å². The molecule has 0 bridgehead atoms. The van der Waals surface area contributed by atoms with Crippen LogP contribution in [0.4, 0.5) is 10.1 Å². The van der Waals surface area contributed by atoms with E-state index < -0.39 is 0 Å². The van der Waals surface area contributed by atoms with E-state index >= 15 is 0 Å². The van der Waals surface area contributed by atoms with Crippen molar-refractivity contribution in [3.63, 3.8) is 0 Å². The van der Waals surface area contributed by atoms with Gasteiger partial charge < -0.3 is 11.1 Å². The van der Waals surface area contributed by atoms with Crippen molar-refractivity contribution in [1.82, 2.24) is 0 Å². The Morgan fingerprint density at radius 3 is 2.65 bits per heavy atom. The number of hydrogen-bond donors (Lipinski definition) is 2. The van der Waals surface area contributed by atoms with Crippen LogP contribution >= 0.6 is 0 Å². The third-order valence-corrected chi connectivity index (χ3v) is 4.30. The molecule has 2 aromatic rings. The Morgan fingerprint density at radius 1 is 1.00 bits per heavy atom. The molecule has 0 saturated carbocycles. The molecule has 3 N–H and O–H groups in total. The molecular formula is C20H15FN2. The third kappa shape index (κ3) is 2.21. The van der Waals surface area contributed by atoms with Crippen LogP contribution in [0.5, 0.6) is 0 Å². The molecule has 4 rings (SSSR count). The number of allylic oxidation sites excluding steroid dienone is 5. The summed E-state index contributed by atoms with van der Waals surface area (Å²) in [7, 11) is 0. The highest BCUT2D eigenvalue weighted by Crippen LogP contribution is 2.41. The minimum absolute atomic E-state index is 0.243. The van der Waals surface area contributed by atoms with Gasteiger partial charge in [0.2, 0.25) is 0 Å². The first-order chi connectivity index (χ1) is 11.1. The standard InChI is InChI=1S/C20H15FN2/c21-19-4-2-1-3-18(19)20-16-7-5-14(22)10-12(16)9-13-11-15(23)6-8-17(13)20/h1-8,10-11,22H,9,23H2. The van der Waals surface area contributed by atoms with Crippen molar-refractivity contribution >= 4 is 17.0 Å². The van der Waals surface area contributed by atoms with Crippen LogP contribution in [0, 0.1) is 11.2 Å². The Labute approximate surface area is 134 Å². The summed E-state index contributed by atoms with van der Waals surface area (Å²) in [5, 5.41) is 7.87. The van der Waals surface area contributed by atoms with E-state index in [4.69, 9.17) is 11.1 Å². The fraction of sp³-hybridized carbons (Fsp3) is 0.0500. The molecule has 0 aliphatic heterocycles. The molecule has 3 heteroatoms. The van der Waals surface area contributed by atoms with Gasteiger partial charge in [-0.3, -0.25) is 0 Å². The second-order valence-corrected chi connectivity index (χ2v) is 5.82. The minimum atomic E-state index is -0.243. The maximum absolute atomic E-state index is 14.4. The lowest BCUT2D eigenvalue weighted by Crippen LogP contribution is -2.13. The van der Waals surface area contributed by atoms with Gasteiger partial charge in [-0.05, 0) is 64.6 Å². The summed E-state index contributed by atoms with van der Waals surface area (Å²) in [6.07, 6.45) is 6.23. The number of rotatable bonds is 1. The van der Waals surface area contributed by atoms with Crippen LogP contribution < -0.4 is 5.73 Å². The Bertz CT molecular complexity index is 932. The zero-order valence-electron chi connectivity index (χ0n) is 12.4. The number of benzene rings is 2. The second-order valence-electron chi connectivity index (χ2n) is 5.82. The van der Waals surface area contributed by atoms with E-state index in [1.165, 1.54) is 6.07 Å². The molecule has 0 fully saturated rings. The largest absolute Gasteiger partial charge is 0.399 e. The molecular weight excluding hydrogens is 287 g/mol. The predicted octanol–water partition coefficient (Wildman–Crippen LogP) is 4.28. The summed E-state index contributed by atoms with van der Waals surface area (Å²) < 4.78 is 14.4. The maximum Gasteiger partial charge on any atom is 0.131 e. The molecule has 0 heterocycles. The number of anilines is 1. The number of nitrogens with two attached hydrogens (primary N) is 1. The van der Waals surface area contributed by atoms with Crippen molar-refractivity contribution in [3.05, 3.63) is 94.3 Å². The molecule has 0 aromatic heterocycles. The zero-order valence-corrected chi connectivity index (χ0v) is 12.4. The molecule has 0 saturated heterocycles. The molecule has 0 radical (unpaired) electrons. The topological polar surface area (TPSA) is 49.9 Å². The van der Waals surface area contributed by atoms with Gasteiger partial charge in [-0.15, -0.1) is 0 Å². The molecule has 0 spiro atoms. The number of nitrogen functional groups attached to an aromatic ring is 1. The molecule has 112 valence electrons. The molecule has 2 aromatic carbocycles. The average Bonchev–Trinajstić information content (AvgIpc) is 2.53. The third-order valence-electron chi connectivity index (χ3n) is 4.30. The van der Waals surface area contributed by atoms with Crippen molar-refractivity contribution in [3.8, 4) is 0 Å². The molecule has 0 unspecified atom stereocenters. The number of fused-ring (bicyclic) bond motifs is 2. The highest BCUT2D eigenvalue weighted by molar-refractivity contribution is 6.07. The van der Waals surface area contributed by atoms with E-state index in [-0.39, 0.29) is 5.82 Å². The number of nitrogens with one attached hydrogen (secondary N) is 1. The summed E-state index contributed by atoms with van der Waals surface area (Å²) in [5.74, 6) is -0.243. The average molecular weight is 302 g/mol. The van der Waals surface area contributed by atoms with Crippen LogP contribution in [-0.2, 0) is 6.42 Å². The highest BCUT2D eigenvalue weighted by atomic mass is 19.1. The summed E-state index contributed by atoms with van der Waals surface area (Å²) in [6.45, 7) is 0. The van der Waals surface area contributed by atoms with Crippen LogP contribution in [0.2, 0.25) is 0 Å². The first kappa shape index (κ1) is 13.7. The lowest BCUT2D eigenvalue weighted by molar-refractivity contribution is 0.624. The van der Waals surface area contributed by atoms with Crippen molar-refractivity contribution in [1.29, 1.82) is 5.41 Å². The molecule has 2 aliphatic rings. The number of hydrogen-bond acceptors (Lipinski definition) is 2. The predicted molar refractivity (Wildman–Crippen MR) is 91.9 cm³/mol. The van der Waals surface area contributed by atoms with Crippen LogP contribution in [0.15, 0.2) is 71.8 Å². The van der Waals surface area contributed by atoms with E-state index in [1.807, 2.05) is 36.4 Å². The lowest BCUT2D eigenvalue weighted by atomic mass is 9.77. The second kappa shape index (κ2) is 5.06. The monoisotopic (exact) mass is 302 g/mol. The SMILES string of the molecule is N=C1C=CC2=C(c3ccccc3F)c3ccc(N)cc3CC2=C1. The van der Waals surface area contributed by atoms with Gasteiger partial charge in [0.1, 0.15) is 5.82 Å². The van der Waals surface area contributed by atoms with Gasteiger partial charge in [0.25, 0.3) is 0 Å². The maximum atomic E-state index is 14.4. The Morgan fingerprint density at radius 2 is 1.83 bits per heavy atom. The van der Waals surface area contributed by atoms with Crippen LogP contribution in [-0.4, -0.2) is 5.71 Å². The van der Waals surface area contributed by atoms with E-state index in [0.717, 1.165) is 27.8 Å². The van der Waals surface area contributed by atoms with Gasteiger partial charge >= 0.3 is 0 Å². The van der Waals surface area contributed by atoms with Gasteiger partial charge in [0, 0.05) is 11.3 Å². The van der Waals surface area contributed by atoms with Gasteiger partial charge in [-0.1, -0.05) is 30.3 Å². The van der Waals surface area contributed by atoms with Crippen molar-refractivity contribution in [2.24, 2.45) is 0 Å².